The third-order valence-corrected chi connectivity index (χ3v) is 7.61. The number of benzene rings is 1. The number of hydrogen-bond acceptors (Lipinski definition) is 8. The third-order valence-electron chi connectivity index (χ3n) is 7.61. The van der Waals surface area contributed by atoms with Gasteiger partial charge in [-0.25, -0.2) is 4.68 Å². The number of hydrogen-bond donors (Lipinski definition) is 1. The molecule has 2 aromatic rings. The highest BCUT2D eigenvalue weighted by atomic mass is 16.6. The summed E-state index contributed by atoms with van der Waals surface area (Å²) in [4.78, 5) is 44.0. The summed E-state index contributed by atoms with van der Waals surface area (Å²) in [5, 5.41) is 18.4. The lowest BCUT2D eigenvalue weighted by atomic mass is 9.78. The maximum Gasteiger partial charge on any atom is 0.312 e. The number of esters is 1. The van der Waals surface area contributed by atoms with E-state index in [0.29, 0.717) is 11.9 Å². The molecular weight excluding hydrogens is 466 g/mol. The van der Waals surface area contributed by atoms with Gasteiger partial charge in [0.1, 0.15) is 29.7 Å². The predicted octanol–water partition coefficient (Wildman–Crippen LogP) is 0.252. The molecule has 0 saturated carbocycles. The van der Waals surface area contributed by atoms with Crippen LogP contribution in [0.3, 0.4) is 0 Å². The highest BCUT2D eigenvalue weighted by Crippen LogP contribution is 2.53. The van der Waals surface area contributed by atoms with Gasteiger partial charge in [0.25, 0.3) is 5.91 Å². The molecule has 2 amide bonds. The molecule has 11 nitrogen and oxygen atoms in total. The van der Waals surface area contributed by atoms with Crippen LogP contribution in [0.25, 0.3) is 11.0 Å². The van der Waals surface area contributed by atoms with Gasteiger partial charge >= 0.3 is 5.97 Å². The number of cyclic esters (lactones) is 1. The Bertz CT molecular complexity index is 1290. The standard InChI is InChI=1S/C25H27N5O6/c1-15(13-31)30-21-23(33)28(14-29-17-8-3-2-7-16(17)26-27-29)11-6-10-25(21)20(22(30)32)19-18(36-25)9-4-5-12-35-24(19)34/h2-4,6-10,15,18-21,31H,5,11-14H2,1H3/t15?,18-,19?,20+,21-,25?/m1/s1. The maximum absolute atomic E-state index is 14.2. The van der Waals surface area contributed by atoms with Gasteiger partial charge in [-0.05, 0) is 25.5 Å². The average molecular weight is 494 g/mol. The van der Waals surface area contributed by atoms with Gasteiger partial charge in [0.2, 0.25) is 5.91 Å². The van der Waals surface area contributed by atoms with Crippen molar-refractivity contribution in [2.24, 2.45) is 11.8 Å². The number of likely N-dealkylation sites (tertiary alicyclic amines) is 1. The summed E-state index contributed by atoms with van der Waals surface area (Å²) in [7, 11) is 0. The average Bonchev–Trinajstić information content (AvgIpc) is 3.46. The van der Waals surface area contributed by atoms with E-state index in [1.54, 1.807) is 34.7 Å². The monoisotopic (exact) mass is 493 g/mol. The van der Waals surface area contributed by atoms with Crippen LogP contribution in [-0.2, 0) is 30.5 Å². The number of carbonyl (C=O) groups is 3. The molecule has 4 aliphatic heterocycles. The fourth-order valence-electron chi connectivity index (χ4n) is 5.97. The highest BCUT2D eigenvalue weighted by Gasteiger charge is 2.72. The minimum Gasteiger partial charge on any atom is -0.465 e. The Morgan fingerprint density at radius 1 is 1.19 bits per heavy atom. The number of ether oxygens (including phenoxy) is 2. The number of aliphatic hydroxyl groups excluding tert-OH is 1. The fourth-order valence-corrected chi connectivity index (χ4v) is 5.97. The van der Waals surface area contributed by atoms with Crippen molar-refractivity contribution in [3.8, 4) is 0 Å². The molecule has 1 aromatic heterocycles. The topological polar surface area (TPSA) is 127 Å². The minimum absolute atomic E-state index is 0.116. The van der Waals surface area contributed by atoms with Crippen LogP contribution >= 0.6 is 0 Å². The van der Waals surface area contributed by atoms with E-state index in [9.17, 15) is 19.5 Å². The molecule has 1 spiro atoms. The van der Waals surface area contributed by atoms with E-state index in [2.05, 4.69) is 10.3 Å². The number of para-hydroxylation sites is 1. The Morgan fingerprint density at radius 2 is 2.03 bits per heavy atom. The summed E-state index contributed by atoms with van der Waals surface area (Å²) in [6.45, 7) is 1.94. The number of rotatable bonds is 4. The summed E-state index contributed by atoms with van der Waals surface area (Å²) in [5.41, 5.74) is 0.122. The molecule has 11 heteroatoms. The van der Waals surface area contributed by atoms with E-state index in [4.69, 9.17) is 9.47 Å². The van der Waals surface area contributed by atoms with Crippen molar-refractivity contribution in [1.29, 1.82) is 0 Å². The Morgan fingerprint density at radius 3 is 2.86 bits per heavy atom. The number of aliphatic hydroxyl groups is 1. The van der Waals surface area contributed by atoms with Gasteiger partial charge in [0, 0.05) is 6.54 Å². The SMILES string of the molecule is CC(CO)N1C(=O)[C@@H]2C3C(=O)OCCC=C[C@H]3OC23C=CCN(Cn2nnc4ccccc42)C(=O)[C@@H]13. The fraction of sp³-hybridized carbons (Fsp3) is 0.480. The predicted molar refractivity (Wildman–Crippen MR) is 125 cm³/mol. The van der Waals surface area contributed by atoms with Crippen LogP contribution in [-0.4, -0.2) is 91.2 Å². The summed E-state index contributed by atoms with van der Waals surface area (Å²) in [6, 6.07) is 5.74. The van der Waals surface area contributed by atoms with E-state index in [1.165, 1.54) is 4.90 Å². The zero-order valence-corrected chi connectivity index (χ0v) is 19.8. The number of carbonyl (C=O) groups excluding carboxylic acids is 3. The van der Waals surface area contributed by atoms with Crippen molar-refractivity contribution in [3.05, 3.63) is 48.6 Å². The summed E-state index contributed by atoms with van der Waals surface area (Å²) in [6.07, 6.45) is 7.09. The van der Waals surface area contributed by atoms with Gasteiger partial charge in [-0.3, -0.25) is 14.4 Å². The van der Waals surface area contributed by atoms with Crippen LogP contribution in [0.5, 0.6) is 0 Å². The molecule has 6 atom stereocenters. The second kappa shape index (κ2) is 8.52. The molecule has 3 unspecified atom stereocenters. The lowest BCUT2D eigenvalue weighted by Gasteiger charge is -2.37. The van der Waals surface area contributed by atoms with Gasteiger partial charge in [-0.1, -0.05) is 41.7 Å². The Labute approximate surface area is 206 Å². The zero-order chi connectivity index (χ0) is 25.0. The molecule has 1 aromatic carbocycles. The van der Waals surface area contributed by atoms with Gasteiger partial charge in [-0.15, -0.1) is 5.10 Å². The number of nitrogens with zero attached hydrogens (tertiary/aromatic N) is 5. The molecule has 0 radical (unpaired) electrons. The minimum atomic E-state index is -1.36. The van der Waals surface area contributed by atoms with Crippen molar-refractivity contribution >= 4 is 28.8 Å². The molecule has 1 N–H and O–H groups in total. The maximum atomic E-state index is 14.2. The van der Waals surface area contributed by atoms with E-state index in [1.807, 2.05) is 30.3 Å². The van der Waals surface area contributed by atoms with Crippen molar-refractivity contribution in [1.82, 2.24) is 24.8 Å². The van der Waals surface area contributed by atoms with Crippen LogP contribution in [0.15, 0.2) is 48.6 Å². The summed E-state index contributed by atoms with van der Waals surface area (Å²) >= 11 is 0. The van der Waals surface area contributed by atoms with E-state index >= 15 is 0 Å². The van der Waals surface area contributed by atoms with Crippen LogP contribution in [0.4, 0.5) is 0 Å². The molecule has 2 saturated heterocycles. The molecule has 2 fully saturated rings. The molecular formula is C25H27N5O6. The molecule has 5 heterocycles. The van der Waals surface area contributed by atoms with Gasteiger partial charge in [-0.2, -0.15) is 0 Å². The molecule has 36 heavy (non-hydrogen) atoms. The zero-order valence-electron chi connectivity index (χ0n) is 19.8. The van der Waals surface area contributed by atoms with Gasteiger partial charge in [0.05, 0.1) is 36.8 Å². The summed E-state index contributed by atoms with van der Waals surface area (Å²) in [5.74, 6) is -3.07. The van der Waals surface area contributed by atoms with Crippen molar-refractivity contribution in [3.63, 3.8) is 0 Å². The third kappa shape index (κ3) is 3.22. The molecule has 4 aliphatic rings. The first kappa shape index (κ1) is 22.9. The van der Waals surface area contributed by atoms with Gasteiger partial charge in [0.15, 0.2) is 0 Å². The lowest BCUT2D eigenvalue weighted by Crippen LogP contribution is -2.57. The second-order valence-electron chi connectivity index (χ2n) is 9.69. The number of amides is 2. The van der Waals surface area contributed by atoms with E-state index in [0.717, 1.165) is 5.52 Å². The number of fused-ring (bicyclic) bond motifs is 3. The first-order valence-corrected chi connectivity index (χ1v) is 12.1. The van der Waals surface area contributed by atoms with Crippen molar-refractivity contribution in [2.45, 2.75) is 43.8 Å². The van der Waals surface area contributed by atoms with Crippen LogP contribution in [0, 0.1) is 11.8 Å². The van der Waals surface area contributed by atoms with Crippen molar-refractivity contribution < 1.29 is 29.0 Å². The molecule has 188 valence electrons. The molecule has 6 rings (SSSR count). The second-order valence-corrected chi connectivity index (χ2v) is 9.69. The van der Waals surface area contributed by atoms with Gasteiger partial charge < -0.3 is 24.4 Å². The Hall–Kier alpha value is -3.57. The first-order valence-electron chi connectivity index (χ1n) is 12.1. The van der Waals surface area contributed by atoms with Crippen molar-refractivity contribution in [2.75, 3.05) is 19.8 Å². The van der Waals surface area contributed by atoms with E-state index < -0.39 is 47.5 Å². The first-order chi connectivity index (χ1) is 17.5. The van der Waals surface area contributed by atoms with Crippen LogP contribution in [0.2, 0.25) is 0 Å². The quantitative estimate of drug-likeness (QED) is 0.475. The lowest BCUT2D eigenvalue weighted by molar-refractivity contribution is -0.156. The van der Waals surface area contributed by atoms with Crippen LogP contribution in [0.1, 0.15) is 13.3 Å². The summed E-state index contributed by atoms with van der Waals surface area (Å²) < 4.78 is 13.5. The Balaban J connectivity index is 1.42. The largest absolute Gasteiger partial charge is 0.465 e. The number of aromatic nitrogens is 3. The van der Waals surface area contributed by atoms with Crippen LogP contribution < -0.4 is 0 Å². The molecule has 0 aliphatic carbocycles. The normalized spacial score (nSPS) is 32.6. The highest BCUT2D eigenvalue weighted by molar-refractivity contribution is 5.99. The smallest absolute Gasteiger partial charge is 0.312 e. The Kier molecular flexibility index (Phi) is 5.41. The molecule has 0 bridgehead atoms. The van der Waals surface area contributed by atoms with E-state index in [-0.39, 0.29) is 32.3 Å².